The number of amides is 1. The smallest absolute Gasteiger partial charge is 0.353 e. The fourth-order valence-corrected chi connectivity index (χ4v) is 7.16. The lowest BCUT2D eigenvalue weighted by Gasteiger charge is -2.41. The van der Waals surface area contributed by atoms with Crippen LogP contribution in [-0.2, 0) is 27.2 Å². The van der Waals surface area contributed by atoms with E-state index in [1.54, 1.807) is 0 Å². The average molecular weight is 593 g/mol. The Balaban J connectivity index is 1.53. The zero-order valence-corrected chi connectivity index (χ0v) is 24.3. The topological polar surface area (TPSA) is 112 Å². The highest BCUT2D eigenvalue weighted by Crippen LogP contribution is 2.34. The van der Waals surface area contributed by atoms with Crippen LogP contribution in [0, 0.1) is 5.92 Å². The fourth-order valence-electron chi connectivity index (χ4n) is 5.49. The van der Waals surface area contributed by atoms with E-state index in [0.717, 1.165) is 12.5 Å². The van der Waals surface area contributed by atoms with E-state index in [-0.39, 0.29) is 51.8 Å². The number of hydrogen-bond donors (Lipinski definition) is 2. The van der Waals surface area contributed by atoms with Crippen molar-refractivity contribution in [2.75, 3.05) is 12.8 Å². The van der Waals surface area contributed by atoms with Gasteiger partial charge in [0.2, 0.25) is 5.91 Å². The summed E-state index contributed by atoms with van der Waals surface area (Å²) < 4.78 is 67.0. The Hall–Kier alpha value is -3.25. The van der Waals surface area contributed by atoms with Crippen molar-refractivity contribution in [2.45, 2.75) is 75.7 Å². The largest absolute Gasteiger partial charge is 0.418 e. The number of aromatic nitrogens is 2. The Bertz CT molecular complexity index is 1520. The molecule has 0 saturated heterocycles. The minimum absolute atomic E-state index is 0.0946. The van der Waals surface area contributed by atoms with Crippen LogP contribution in [0.5, 0.6) is 0 Å². The van der Waals surface area contributed by atoms with Crippen LogP contribution >= 0.6 is 0 Å². The van der Waals surface area contributed by atoms with E-state index in [9.17, 15) is 31.2 Å². The number of imidazole rings is 1. The molecular formula is C29H35F3N4O4S. The third-order valence-electron chi connectivity index (χ3n) is 7.94. The van der Waals surface area contributed by atoms with Crippen molar-refractivity contribution in [3.8, 4) is 0 Å². The van der Waals surface area contributed by atoms with Gasteiger partial charge in [0, 0.05) is 23.7 Å². The van der Waals surface area contributed by atoms with Crippen molar-refractivity contribution in [3.05, 3.63) is 59.4 Å². The van der Waals surface area contributed by atoms with Gasteiger partial charge in [-0.3, -0.25) is 9.59 Å². The Kier molecular flexibility index (Phi) is 8.93. The monoisotopic (exact) mass is 592 g/mol. The van der Waals surface area contributed by atoms with E-state index in [1.165, 1.54) is 43.3 Å². The van der Waals surface area contributed by atoms with Gasteiger partial charge in [-0.15, -0.1) is 0 Å². The molecule has 1 aliphatic carbocycles. The molecule has 3 aromatic rings. The van der Waals surface area contributed by atoms with Gasteiger partial charge in [-0.2, -0.15) is 13.2 Å². The molecule has 4 rings (SSSR count). The molecule has 0 spiro atoms. The molecule has 1 aliphatic rings. The minimum atomic E-state index is -4.58. The number of carbonyl (C=O) groups is 2. The second kappa shape index (κ2) is 11.9. The summed E-state index contributed by atoms with van der Waals surface area (Å²) >= 11 is 0. The predicted molar refractivity (Wildman–Crippen MR) is 149 cm³/mol. The van der Waals surface area contributed by atoms with E-state index in [2.05, 4.69) is 34.0 Å². The molecule has 1 heterocycles. The number of sulfone groups is 1. The second-order valence-electron chi connectivity index (χ2n) is 11.1. The number of hydrogen-bond acceptors (Lipinski definition) is 6. The van der Waals surface area contributed by atoms with Gasteiger partial charge in [0.25, 0.3) is 0 Å². The van der Waals surface area contributed by atoms with Crippen LogP contribution in [0.2, 0.25) is 0 Å². The van der Waals surface area contributed by atoms with Crippen LogP contribution in [-0.4, -0.2) is 65.9 Å². The van der Waals surface area contributed by atoms with E-state index in [0.29, 0.717) is 18.4 Å². The average Bonchev–Trinajstić information content (AvgIpc) is 3.30. The summed E-state index contributed by atoms with van der Waals surface area (Å²) in [6, 6.07) is 9.45. The lowest BCUT2D eigenvalue weighted by Crippen LogP contribution is -2.51. The number of para-hydroxylation sites is 1. The first kappa shape index (κ1) is 30.7. The van der Waals surface area contributed by atoms with Gasteiger partial charge >= 0.3 is 6.18 Å². The molecule has 1 saturated carbocycles. The van der Waals surface area contributed by atoms with Crippen LogP contribution < -0.4 is 5.32 Å². The molecule has 0 aliphatic heterocycles. The number of alkyl halides is 3. The third-order valence-corrected chi connectivity index (χ3v) is 9.80. The quantitative estimate of drug-likeness (QED) is 0.346. The van der Waals surface area contributed by atoms with Gasteiger partial charge in [0.1, 0.15) is 11.3 Å². The Morgan fingerprint density at radius 1 is 1.12 bits per heavy atom. The molecule has 1 aromatic heterocycles. The summed E-state index contributed by atoms with van der Waals surface area (Å²) in [4.78, 5) is 33.8. The first-order valence-electron chi connectivity index (χ1n) is 13.6. The van der Waals surface area contributed by atoms with Crippen LogP contribution in [0.25, 0.3) is 11.0 Å². The Labute approximate surface area is 237 Å². The lowest BCUT2D eigenvalue weighted by atomic mass is 9.81. The van der Waals surface area contributed by atoms with Gasteiger partial charge in [0.15, 0.2) is 15.6 Å². The molecule has 1 fully saturated rings. The molecule has 0 radical (unpaired) electrons. The molecule has 8 nitrogen and oxygen atoms in total. The van der Waals surface area contributed by atoms with Crippen molar-refractivity contribution in [1.29, 1.82) is 0 Å². The molecule has 2 aromatic carbocycles. The van der Waals surface area contributed by atoms with E-state index in [1.807, 2.05) is 7.05 Å². The van der Waals surface area contributed by atoms with Crippen LogP contribution in [0.15, 0.2) is 47.4 Å². The molecule has 2 N–H and O–H groups in total. The summed E-state index contributed by atoms with van der Waals surface area (Å²) in [7, 11) is -1.74. The number of nitrogens with one attached hydrogen (secondary N) is 2. The summed E-state index contributed by atoms with van der Waals surface area (Å²) in [5, 5.41) is 2.94. The molecule has 3 atom stereocenters. The van der Waals surface area contributed by atoms with Crippen molar-refractivity contribution < 1.29 is 31.2 Å². The highest BCUT2D eigenvalue weighted by molar-refractivity contribution is 7.91. The molecule has 3 unspecified atom stereocenters. The standard InChI is InChI=1S/C29H35F3N4O4S/c1-17(2)36(4)21-10-13-24(20(14-21)16-41(39,40)22-11-8-19(9-12-22)18(3)37)34-27(38)15-26-33-25-7-5-6-23(28(25)35-26)29(30,31)32/h5-9,11-12,17,20-21,24H,10,13-16H2,1-4H3,(H,33,35)(H,34,38). The van der Waals surface area contributed by atoms with Crippen LogP contribution in [0.3, 0.4) is 0 Å². The van der Waals surface area contributed by atoms with E-state index in [4.69, 9.17) is 0 Å². The van der Waals surface area contributed by atoms with Gasteiger partial charge in [0.05, 0.1) is 28.1 Å². The SMILES string of the molecule is CC(=O)c1ccc(S(=O)(=O)CC2CC(N(C)C(C)C)CCC2NC(=O)Cc2nc3c(C(F)(F)F)cccc3[nH]2)cc1. The van der Waals surface area contributed by atoms with Gasteiger partial charge in [-0.05, 0) is 77.3 Å². The summed E-state index contributed by atoms with van der Waals surface area (Å²) in [6.07, 6.45) is -3.01. The number of rotatable bonds is 9. The maximum absolute atomic E-state index is 13.4. The Morgan fingerprint density at radius 3 is 2.41 bits per heavy atom. The number of Topliss-reactive ketones (excluding diaryl/α,β-unsaturated/α-hetero) is 1. The number of nitrogens with zero attached hydrogens (tertiary/aromatic N) is 2. The molecular weight excluding hydrogens is 557 g/mol. The number of H-pyrrole nitrogens is 1. The maximum Gasteiger partial charge on any atom is 0.418 e. The summed E-state index contributed by atoms with van der Waals surface area (Å²) in [6.45, 7) is 5.53. The number of ketones is 1. The number of aromatic amines is 1. The highest BCUT2D eigenvalue weighted by atomic mass is 32.2. The second-order valence-corrected chi connectivity index (χ2v) is 13.1. The number of carbonyl (C=O) groups excluding carboxylic acids is 2. The van der Waals surface area contributed by atoms with Crippen LogP contribution in [0.4, 0.5) is 13.2 Å². The van der Waals surface area contributed by atoms with Crippen LogP contribution in [0.1, 0.15) is 61.8 Å². The van der Waals surface area contributed by atoms with Crippen molar-refractivity contribution in [3.63, 3.8) is 0 Å². The number of halogens is 3. The maximum atomic E-state index is 13.4. The molecule has 12 heteroatoms. The normalized spacial score (nSPS) is 20.1. The first-order valence-corrected chi connectivity index (χ1v) is 15.2. The zero-order valence-electron chi connectivity index (χ0n) is 23.5. The zero-order chi connectivity index (χ0) is 30.1. The minimum Gasteiger partial charge on any atom is -0.353 e. The van der Waals surface area contributed by atoms with Gasteiger partial charge in [-0.25, -0.2) is 13.4 Å². The summed E-state index contributed by atoms with van der Waals surface area (Å²) in [5.41, 5.74) is -0.537. The molecule has 41 heavy (non-hydrogen) atoms. The van der Waals surface area contributed by atoms with Crippen molar-refractivity contribution in [1.82, 2.24) is 20.2 Å². The molecule has 0 bridgehead atoms. The first-order chi connectivity index (χ1) is 19.2. The molecule has 1 amide bonds. The number of fused-ring (bicyclic) bond motifs is 1. The fraction of sp³-hybridized carbons (Fsp3) is 0.483. The van der Waals surface area contributed by atoms with Gasteiger partial charge < -0.3 is 15.2 Å². The number of benzene rings is 2. The highest BCUT2D eigenvalue weighted by Gasteiger charge is 2.37. The van der Waals surface area contributed by atoms with E-state index < -0.39 is 39.4 Å². The Morgan fingerprint density at radius 2 is 1.80 bits per heavy atom. The predicted octanol–water partition coefficient (Wildman–Crippen LogP) is 4.79. The third kappa shape index (κ3) is 7.16. The summed E-state index contributed by atoms with van der Waals surface area (Å²) in [5.74, 6) is -1.12. The van der Waals surface area contributed by atoms with E-state index >= 15 is 0 Å². The van der Waals surface area contributed by atoms with Crippen molar-refractivity contribution >= 4 is 32.6 Å². The molecule has 222 valence electrons. The van der Waals surface area contributed by atoms with Gasteiger partial charge in [-0.1, -0.05) is 18.2 Å². The lowest BCUT2D eigenvalue weighted by molar-refractivity contribution is -0.136. The van der Waals surface area contributed by atoms with Crippen molar-refractivity contribution in [2.24, 2.45) is 5.92 Å².